The van der Waals surface area contributed by atoms with Gasteiger partial charge in [0.25, 0.3) is 0 Å². The van der Waals surface area contributed by atoms with Gasteiger partial charge in [-0.15, -0.1) is 0 Å². The van der Waals surface area contributed by atoms with Crippen molar-refractivity contribution in [1.82, 2.24) is 0 Å². The molecule has 1 aromatic carbocycles. The smallest absolute Gasteiger partial charge is 0.344 e. The number of ether oxygens (including phenoxy) is 1. The maximum absolute atomic E-state index is 6.28. The Morgan fingerprint density at radius 1 is 1.23 bits per heavy atom. The Hall–Kier alpha value is -1.17. The molecule has 122 valence electrons. The Balaban J connectivity index is 2.30. The Kier molecular flexibility index (Phi) is 5.42. The first-order valence-corrected chi connectivity index (χ1v) is 11.5. The van der Waals surface area contributed by atoms with Gasteiger partial charge in [0.15, 0.2) is 8.32 Å². The molecule has 0 aliphatic carbocycles. The van der Waals surface area contributed by atoms with Crippen molar-refractivity contribution in [3.05, 3.63) is 35.9 Å². The van der Waals surface area contributed by atoms with E-state index in [1.54, 1.807) is 0 Å². The van der Waals surface area contributed by atoms with E-state index in [0.29, 0.717) is 6.61 Å². The largest absolute Gasteiger partial charge is 0.358 e. The molecule has 1 aliphatic heterocycles. The Bertz CT molecular complexity index is 512. The van der Waals surface area contributed by atoms with Crippen LogP contribution in [-0.4, -0.2) is 26.6 Å². The van der Waals surface area contributed by atoms with Crippen molar-refractivity contribution >= 4 is 14.0 Å². The molecule has 2 rings (SSSR count). The molecule has 0 fully saturated rings. The topological polar surface area (TPSA) is 40.0 Å². The third kappa shape index (κ3) is 3.97. The Morgan fingerprint density at radius 3 is 2.45 bits per heavy atom. The van der Waals surface area contributed by atoms with Crippen LogP contribution in [-0.2, 0) is 14.0 Å². The van der Waals surface area contributed by atoms with E-state index in [1.807, 2.05) is 25.1 Å². The fraction of sp³-hybridized carbons (Fsp3) is 0.588. The van der Waals surface area contributed by atoms with Gasteiger partial charge in [-0.25, -0.2) is 0 Å². The molecule has 0 amide bonds. The molecule has 0 N–H and O–H groups in total. The van der Waals surface area contributed by atoms with Gasteiger partial charge in [-0.2, -0.15) is 0 Å². The molecule has 0 spiro atoms. The molecule has 5 heteroatoms. The lowest BCUT2D eigenvalue weighted by Crippen LogP contribution is -2.53. The first kappa shape index (κ1) is 17.2. The summed E-state index contributed by atoms with van der Waals surface area (Å²) in [4.78, 5) is 5.83. The second-order valence-corrected chi connectivity index (χ2v) is 11.0. The van der Waals surface area contributed by atoms with Gasteiger partial charge in [-0.1, -0.05) is 42.4 Å². The molecule has 4 nitrogen and oxygen atoms in total. The molecule has 0 bridgehead atoms. The van der Waals surface area contributed by atoms with Crippen molar-refractivity contribution in [2.45, 2.75) is 52.3 Å². The van der Waals surface area contributed by atoms with Crippen molar-refractivity contribution in [2.24, 2.45) is 11.1 Å². The normalized spacial score (nSPS) is 25.5. The van der Waals surface area contributed by atoms with Gasteiger partial charge in [-0.3, -0.25) is 0 Å². The minimum Gasteiger partial charge on any atom is -0.358 e. The fourth-order valence-electron chi connectivity index (χ4n) is 2.69. The van der Waals surface area contributed by atoms with Crippen LogP contribution in [0.25, 0.3) is 0 Å². The van der Waals surface area contributed by atoms with Crippen LogP contribution in [0.1, 0.15) is 32.3 Å². The number of hydrogen-bond acceptors (Lipinski definition) is 4. The summed E-state index contributed by atoms with van der Waals surface area (Å²) in [6.45, 7) is 11.1. The molecule has 0 saturated heterocycles. The summed E-state index contributed by atoms with van der Waals surface area (Å²) in [5.41, 5.74) is 2.06. The average Bonchev–Trinajstić information content (AvgIpc) is 2.47. The fourth-order valence-corrected chi connectivity index (χ4v) is 3.80. The van der Waals surface area contributed by atoms with Crippen LogP contribution in [0.3, 0.4) is 0 Å². The molecule has 0 radical (unpaired) electrons. The van der Waals surface area contributed by atoms with E-state index in [-0.39, 0.29) is 5.92 Å². The van der Waals surface area contributed by atoms with Gasteiger partial charge in [0.1, 0.15) is 0 Å². The highest BCUT2D eigenvalue weighted by atomic mass is 28.4. The van der Waals surface area contributed by atoms with Gasteiger partial charge in [0.05, 0.1) is 18.2 Å². The summed E-state index contributed by atoms with van der Waals surface area (Å²) in [5.74, 6) is -0.904. The van der Waals surface area contributed by atoms with E-state index in [1.165, 1.54) is 0 Å². The van der Waals surface area contributed by atoms with Gasteiger partial charge in [0.2, 0.25) is 0 Å². The highest BCUT2D eigenvalue weighted by Gasteiger charge is 2.49. The van der Waals surface area contributed by atoms with Crippen molar-refractivity contribution in [3.8, 4) is 0 Å². The minimum absolute atomic E-state index is 0.131. The van der Waals surface area contributed by atoms with Crippen molar-refractivity contribution in [1.29, 1.82) is 0 Å². The van der Waals surface area contributed by atoms with E-state index in [4.69, 9.17) is 14.0 Å². The Labute approximate surface area is 134 Å². The molecule has 1 aromatic rings. The molecule has 1 heterocycles. The summed E-state index contributed by atoms with van der Waals surface area (Å²) < 4.78 is 12.2. The lowest BCUT2D eigenvalue weighted by molar-refractivity contribution is -0.378. The van der Waals surface area contributed by atoms with Gasteiger partial charge >= 0.3 is 5.97 Å². The van der Waals surface area contributed by atoms with E-state index < -0.39 is 14.3 Å². The van der Waals surface area contributed by atoms with E-state index in [0.717, 1.165) is 24.1 Å². The first-order chi connectivity index (χ1) is 10.4. The van der Waals surface area contributed by atoms with Crippen LogP contribution >= 0.6 is 0 Å². The highest BCUT2D eigenvalue weighted by molar-refractivity contribution is 6.69. The van der Waals surface area contributed by atoms with Crippen molar-refractivity contribution in [3.63, 3.8) is 0 Å². The van der Waals surface area contributed by atoms with Gasteiger partial charge < -0.3 is 14.0 Å². The van der Waals surface area contributed by atoms with E-state index in [9.17, 15) is 0 Å². The number of hydrogen-bond donors (Lipinski definition) is 0. The summed E-state index contributed by atoms with van der Waals surface area (Å²) in [5, 5.41) is 4.34. The molecule has 22 heavy (non-hydrogen) atoms. The molecular formula is C17H27NO3Si. The van der Waals surface area contributed by atoms with Crippen LogP contribution < -0.4 is 0 Å². The molecule has 0 saturated carbocycles. The van der Waals surface area contributed by atoms with Crippen LogP contribution in [0.15, 0.2) is 35.5 Å². The summed E-state index contributed by atoms with van der Waals surface area (Å²) in [6.07, 6.45) is 1.71. The number of benzene rings is 1. The molecule has 2 unspecified atom stereocenters. The Morgan fingerprint density at radius 2 is 1.91 bits per heavy atom. The highest BCUT2D eigenvalue weighted by Crippen LogP contribution is 2.38. The zero-order chi connectivity index (χ0) is 16.2. The minimum atomic E-state index is -1.83. The maximum Gasteiger partial charge on any atom is 0.344 e. The molecular weight excluding hydrogens is 294 g/mol. The monoisotopic (exact) mass is 321 g/mol. The third-order valence-corrected chi connectivity index (χ3v) is 4.51. The van der Waals surface area contributed by atoms with E-state index in [2.05, 4.69) is 43.9 Å². The molecule has 0 aromatic heterocycles. The van der Waals surface area contributed by atoms with Crippen molar-refractivity contribution < 1.29 is 14.0 Å². The quantitative estimate of drug-likeness (QED) is 0.576. The van der Waals surface area contributed by atoms with Crippen LogP contribution in [0.2, 0.25) is 19.6 Å². The zero-order valence-corrected chi connectivity index (χ0v) is 15.3. The van der Waals surface area contributed by atoms with Crippen molar-refractivity contribution in [2.75, 3.05) is 6.61 Å². The van der Waals surface area contributed by atoms with Crippen LogP contribution in [0.5, 0.6) is 0 Å². The lowest BCUT2D eigenvalue weighted by Gasteiger charge is -2.43. The number of rotatable bonds is 6. The zero-order valence-electron chi connectivity index (χ0n) is 14.3. The van der Waals surface area contributed by atoms with Crippen LogP contribution in [0.4, 0.5) is 0 Å². The lowest BCUT2D eigenvalue weighted by atomic mass is 9.92. The average molecular weight is 321 g/mol. The standard InChI is InChI=1S/C17H27NO3Si/c1-6-15-13-16(14-11-9-8-10-12-14)18-20-17(15,19-7-2)21-22(3,4)5/h8-12,15H,6-7,13H2,1-5H3. The predicted octanol–water partition coefficient (Wildman–Crippen LogP) is 4.38. The second kappa shape index (κ2) is 6.94. The van der Waals surface area contributed by atoms with E-state index >= 15 is 0 Å². The molecule has 1 aliphatic rings. The second-order valence-electron chi connectivity index (χ2n) is 6.56. The maximum atomic E-state index is 6.28. The predicted molar refractivity (Wildman–Crippen MR) is 91.3 cm³/mol. The number of oxime groups is 1. The summed E-state index contributed by atoms with van der Waals surface area (Å²) in [6, 6.07) is 10.2. The first-order valence-electron chi connectivity index (χ1n) is 8.04. The summed E-state index contributed by atoms with van der Waals surface area (Å²) >= 11 is 0. The number of nitrogens with zero attached hydrogens (tertiary/aromatic N) is 1. The van der Waals surface area contributed by atoms with Crippen LogP contribution in [0, 0.1) is 5.92 Å². The van der Waals surface area contributed by atoms with Gasteiger partial charge in [-0.05, 0) is 38.5 Å². The molecule has 2 atom stereocenters. The third-order valence-electron chi connectivity index (χ3n) is 3.62. The SMILES string of the molecule is CCOC1(O[Si](C)(C)C)ON=C(c2ccccc2)CC1CC. The summed E-state index contributed by atoms with van der Waals surface area (Å²) in [7, 11) is -1.83. The van der Waals surface area contributed by atoms with Gasteiger partial charge in [0, 0.05) is 6.42 Å².